The summed E-state index contributed by atoms with van der Waals surface area (Å²) in [6, 6.07) is 0. The Morgan fingerprint density at radius 1 is 1.53 bits per heavy atom. The van der Waals surface area contributed by atoms with Gasteiger partial charge in [0, 0.05) is 12.7 Å². The Labute approximate surface area is 103 Å². The average Bonchev–Trinajstić information content (AvgIpc) is 2.17. The maximum atomic E-state index is 11.8. The van der Waals surface area contributed by atoms with E-state index in [0.29, 0.717) is 3.57 Å². The van der Waals surface area contributed by atoms with E-state index >= 15 is 0 Å². The summed E-state index contributed by atoms with van der Waals surface area (Å²) in [6.45, 7) is 3.59. The lowest BCUT2D eigenvalue weighted by atomic mass is 10.4. The molecule has 0 aromatic carbocycles. The smallest absolute Gasteiger partial charge is 0.266 e. The summed E-state index contributed by atoms with van der Waals surface area (Å²) in [7, 11) is 4.06. The molecule has 0 aliphatic rings. The minimum absolute atomic E-state index is 0.0712. The van der Waals surface area contributed by atoms with Gasteiger partial charge in [-0.1, -0.05) is 0 Å². The molecule has 1 heterocycles. The Bertz CT molecular complexity index is 387. The van der Waals surface area contributed by atoms with E-state index in [4.69, 9.17) is 0 Å². The lowest BCUT2D eigenvalue weighted by Gasteiger charge is -2.12. The highest BCUT2D eigenvalue weighted by Crippen LogP contribution is 1.98. The summed E-state index contributed by atoms with van der Waals surface area (Å²) < 4.78 is 2.42. The van der Waals surface area contributed by atoms with Crippen molar-refractivity contribution in [3.8, 4) is 0 Å². The first-order valence-electron chi connectivity index (χ1n) is 4.89. The van der Waals surface area contributed by atoms with Crippen LogP contribution in [0.1, 0.15) is 12.2 Å². The van der Waals surface area contributed by atoms with E-state index in [1.807, 2.05) is 43.6 Å². The fraction of sp³-hybridized carbons (Fsp3) is 0.600. The van der Waals surface area contributed by atoms with Crippen LogP contribution in [0.25, 0.3) is 0 Å². The lowest BCUT2D eigenvalue weighted by molar-refractivity contribution is 0.382. The molecular formula is C10H16IN3O. The standard InChI is InChI=1S/C10H16IN3O/c1-8-12-7-9(11)10(15)14(8)6-4-5-13(2)3/h7H,4-6H2,1-3H3. The Morgan fingerprint density at radius 3 is 2.80 bits per heavy atom. The minimum Gasteiger partial charge on any atom is -0.309 e. The molecule has 1 rings (SSSR count). The molecule has 0 radical (unpaired) electrons. The molecule has 0 unspecified atom stereocenters. The van der Waals surface area contributed by atoms with Gasteiger partial charge in [0.05, 0.1) is 3.57 Å². The van der Waals surface area contributed by atoms with Crippen molar-refractivity contribution >= 4 is 22.6 Å². The topological polar surface area (TPSA) is 38.1 Å². The lowest BCUT2D eigenvalue weighted by Crippen LogP contribution is -2.27. The van der Waals surface area contributed by atoms with Crippen molar-refractivity contribution in [2.75, 3.05) is 20.6 Å². The second kappa shape index (κ2) is 5.60. The van der Waals surface area contributed by atoms with Gasteiger partial charge in [-0.05, 0) is 56.6 Å². The number of nitrogens with zero attached hydrogens (tertiary/aromatic N) is 3. The van der Waals surface area contributed by atoms with Crippen LogP contribution in [-0.4, -0.2) is 35.1 Å². The molecule has 0 saturated heterocycles. The highest BCUT2D eigenvalue weighted by Gasteiger charge is 2.04. The van der Waals surface area contributed by atoms with E-state index < -0.39 is 0 Å². The van der Waals surface area contributed by atoms with Crippen LogP contribution in [0.2, 0.25) is 0 Å². The summed E-state index contributed by atoms with van der Waals surface area (Å²) in [5.74, 6) is 0.791. The molecule has 5 heteroatoms. The SMILES string of the molecule is Cc1ncc(I)c(=O)n1CCCN(C)C. The zero-order valence-corrected chi connectivity index (χ0v) is 11.5. The van der Waals surface area contributed by atoms with Crippen molar-refractivity contribution in [1.29, 1.82) is 0 Å². The Hall–Kier alpha value is -0.430. The largest absolute Gasteiger partial charge is 0.309 e. The first-order valence-corrected chi connectivity index (χ1v) is 5.97. The van der Waals surface area contributed by atoms with Gasteiger partial charge in [-0.25, -0.2) is 4.98 Å². The van der Waals surface area contributed by atoms with E-state index in [0.717, 1.165) is 25.3 Å². The third-order valence-corrected chi connectivity index (χ3v) is 2.93. The van der Waals surface area contributed by atoms with Gasteiger partial charge in [-0.15, -0.1) is 0 Å². The van der Waals surface area contributed by atoms with E-state index in [1.165, 1.54) is 0 Å². The monoisotopic (exact) mass is 321 g/mol. The van der Waals surface area contributed by atoms with Crippen LogP contribution in [-0.2, 0) is 6.54 Å². The van der Waals surface area contributed by atoms with Crippen molar-refractivity contribution in [2.45, 2.75) is 19.9 Å². The summed E-state index contributed by atoms with van der Waals surface area (Å²) >= 11 is 2.03. The third kappa shape index (κ3) is 3.57. The molecule has 0 saturated carbocycles. The van der Waals surface area contributed by atoms with E-state index in [1.54, 1.807) is 10.8 Å². The van der Waals surface area contributed by atoms with Gasteiger partial charge in [0.2, 0.25) is 0 Å². The van der Waals surface area contributed by atoms with Crippen molar-refractivity contribution in [3.63, 3.8) is 0 Å². The number of halogens is 1. The quantitative estimate of drug-likeness (QED) is 0.780. The van der Waals surface area contributed by atoms with Crippen LogP contribution in [0, 0.1) is 10.5 Å². The fourth-order valence-electron chi connectivity index (χ4n) is 1.36. The number of rotatable bonds is 4. The maximum absolute atomic E-state index is 11.8. The highest BCUT2D eigenvalue weighted by atomic mass is 127. The van der Waals surface area contributed by atoms with Crippen molar-refractivity contribution < 1.29 is 0 Å². The van der Waals surface area contributed by atoms with Crippen LogP contribution in [0.15, 0.2) is 11.0 Å². The minimum atomic E-state index is 0.0712. The molecule has 1 aromatic rings. The Morgan fingerprint density at radius 2 is 2.20 bits per heavy atom. The molecule has 0 N–H and O–H groups in total. The van der Waals surface area contributed by atoms with Gasteiger partial charge in [-0.2, -0.15) is 0 Å². The van der Waals surface area contributed by atoms with Gasteiger partial charge in [0.1, 0.15) is 5.82 Å². The predicted molar refractivity (Wildman–Crippen MR) is 69.1 cm³/mol. The van der Waals surface area contributed by atoms with Crippen LogP contribution in [0.4, 0.5) is 0 Å². The van der Waals surface area contributed by atoms with Crippen LogP contribution < -0.4 is 5.56 Å². The highest BCUT2D eigenvalue weighted by molar-refractivity contribution is 14.1. The summed E-state index contributed by atoms with van der Waals surface area (Å²) in [5.41, 5.74) is 0.0712. The third-order valence-electron chi connectivity index (χ3n) is 2.19. The molecule has 1 aromatic heterocycles. The van der Waals surface area contributed by atoms with Gasteiger partial charge < -0.3 is 4.90 Å². The number of aromatic nitrogens is 2. The normalized spacial score (nSPS) is 11.0. The van der Waals surface area contributed by atoms with Gasteiger partial charge >= 0.3 is 0 Å². The van der Waals surface area contributed by atoms with Gasteiger partial charge in [0.25, 0.3) is 5.56 Å². The molecule has 0 aliphatic carbocycles. The van der Waals surface area contributed by atoms with Gasteiger partial charge in [-0.3, -0.25) is 9.36 Å². The molecule has 0 bridgehead atoms. The Kier molecular flexibility index (Phi) is 4.72. The van der Waals surface area contributed by atoms with Gasteiger partial charge in [0.15, 0.2) is 0 Å². The maximum Gasteiger partial charge on any atom is 0.266 e. The molecule has 0 fully saturated rings. The number of aryl methyl sites for hydroxylation is 1. The second-order valence-corrected chi connectivity index (χ2v) is 4.93. The van der Waals surface area contributed by atoms with Crippen molar-refractivity contribution in [2.24, 2.45) is 0 Å². The summed E-state index contributed by atoms with van der Waals surface area (Å²) in [4.78, 5) is 18.1. The first kappa shape index (κ1) is 12.6. The van der Waals surface area contributed by atoms with E-state index in [2.05, 4.69) is 9.88 Å². The van der Waals surface area contributed by atoms with Crippen molar-refractivity contribution in [1.82, 2.24) is 14.5 Å². The molecule has 0 atom stereocenters. The molecule has 0 spiro atoms. The first-order chi connectivity index (χ1) is 7.02. The molecule has 0 aliphatic heterocycles. The van der Waals surface area contributed by atoms with Crippen LogP contribution >= 0.6 is 22.6 Å². The van der Waals surface area contributed by atoms with E-state index in [-0.39, 0.29) is 5.56 Å². The van der Waals surface area contributed by atoms with Crippen LogP contribution in [0.3, 0.4) is 0 Å². The summed E-state index contributed by atoms with van der Waals surface area (Å²) in [6.07, 6.45) is 2.59. The molecule has 84 valence electrons. The zero-order chi connectivity index (χ0) is 11.4. The fourth-order valence-corrected chi connectivity index (χ4v) is 1.79. The number of hydrogen-bond acceptors (Lipinski definition) is 3. The summed E-state index contributed by atoms with van der Waals surface area (Å²) in [5, 5.41) is 0. The van der Waals surface area contributed by atoms with Crippen LogP contribution in [0.5, 0.6) is 0 Å². The average molecular weight is 321 g/mol. The zero-order valence-electron chi connectivity index (χ0n) is 9.33. The second-order valence-electron chi connectivity index (χ2n) is 3.77. The molecule has 15 heavy (non-hydrogen) atoms. The van der Waals surface area contributed by atoms with E-state index in [9.17, 15) is 4.79 Å². The number of hydrogen-bond donors (Lipinski definition) is 0. The molecule has 0 amide bonds. The molecular weight excluding hydrogens is 305 g/mol. The molecule has 4 nitrogen and oxygen atoms in total. The van der Waals surface area contributed by atoms with Crippen molar-refractivity contribution in [3.05, 3.63) is 25.9 Å². The predicted octanol–water partition coefficient (Wildman–Crippen LogP) is 1.11. The Balaban J connectivity index is 2.76.